The minimum Gasteiger partial charge on any atom is -0.331 e. The van der Waals surface area contributed by atoms with Crippen LogP contribution in [0.25, 0.3) is 0 Å². The third kappa shape index (κ3) is 2.92. The van der Waals surface area contributed by atoms with Crippen LogP contribution >= 0.6 is 11.3 Å². The van der Waals surface area contributed by atoms with Gasteiger partial charge in [0.15, 0.2) is 5.78 Å². The Kier molecular flexibility index (Phi) is 3.59. The number of carbonyl (C=O) groups is 2. The van der Waals surface area contributed by atoms with E-state index in [9.17, 15) is 9.59 Å². The molecule has 1 fully saturated rings. The highest BCUT2D eigenvalue weighted by molar-refractivity contribution is 7.12. The molecular formula is C12H16N2O2S. The zero-order valence-corrected chi connectivity index (χ0v) is 10.6. The summed E-state index contributed by atoms with van der Waals surface area (Å²) in [7, 11) is 0. The Hall–Kier alpha value is -1.20. The van der Waals surface area contributed by atoms with E-state index in [1.807, 2.05) is 11.4 Å². The maximum Gasteiger partial charge on any atom is 0.239 e. The van der Waals surface area contributed by atoms with Gasteiger partial charge >= 0.3 is 0 Å². The summed E-state index contributed by atoms with van der Waals surface area (Å²) in [4.78, 5) is 26.2. The quantitative estimate of drug-likeness (QED) is 0.803. The van der Waals surface area contributed by atoms with Crippen molar-refractivity contribution in [2.45, 2.75) is 31.8 Å². The van der Waals surface area contributed by atoms with Gasteiger partial charge < -0.3 is 10.6 Å². The molecule has 17 heavy (non-hydrogen) atoms. The summed E-state index contributed by atoms with van der Waals surface area (Å²) in [5.41, 5.74) is 5.60. The Morgan fingerprint density at radius 1 is 1.59 bits per heavy atom. The molecule has 1 aliphatic carbocycles. The van der Waals surface area contributed by atoms with E-state index < -0.39 is 6.04 Å². The fourth-order valence-electron chi connectivity index (χ4n) is 1.70. The van der Waals surface area contributed by atoms with Crippen LogP contribution in [0.3, 0.4) is 0 Å². The zero-order valence-electron chi connectivity index (χ0n) is 9.76. The molecule has 0 saturated heterocycles. The highest BCUT2D eigenvalue weighted by Gasteiger charge is 2.35. The lowest BCUT2D eigenvalue weighted by molar-refractivity contribution is -0.132. The molecule has 2 rings (SSSR count). The fourth-order valence-corrected chi connectivity index (χ4v) is 2.36. The second-order valence-corrected chi connectivity index (χ2v) is 5.33. The first-order valence-corrected chi connectivity index (χ1v) is 6.60. The van der Waals surface area contributed by atoms with Crippen molar-refractivity contribution in [3.63, 3.8) is 0 Å². The van der Waals surface area contributed by atoms with Gasteiger partial charge in [-0.1, -0.05) is 6.07 Å². The first-order chi connectivity index (χ1) is 8.09. The van der Waals surface area contributed by atoms with Gasteiger partial charge in [0.05, 0.1) is 17.5 Å². The van der Waals surface area contributed by atoms with E-state index in [-0.39, 0.29) is 24.3 Å². The molecular weight excluding hydrogens is 236 g/mol. The van der Waals surface area contributed by atoms with Gasteiger partial charge in [0, 0.05) is 6.04 Å². The Morgan fingerprint density at radius 2 is 2.29 bits per heavy atom. The number of hydrogen-bond acceptors (Lipinski definition) is 4. The van der Waals surface area contributed by atoms with Crippen molar-refractivity contribution >= 4 is 23.0 Å². The topological polar surface area (TPSA) is 63.4 Å². The molecule has 1 unspecified atom stereocenters. The van der Waals surface area contributed by atoms with E-state index in [1.54, 1.807) is 17.9 Å². The second kappa shape index (κ2) is 4.98. The molecule has 1 aliphatic rings. The monoisotopic (exact) mass is 252 g/mol. The predicted octanol–water partition coefficient (Wildman–Crippen LogP) is 1.27. The van der Waals surface area contributed by atoms with Crippen molar-refractivity contribution in [3.05, 3.63) is 22.4 Å². The van der Waals surface area contributed by atoms with Gasteiger partial charge in [-0.2, -0.15) is 0 Å². The molecule has 1 aromatic heterocycles. The molecule has 4 nitrogen and oxygen atoms in total. The lowest BCUT2D eigenvalue weighted by atomic mass is 10.2. The maximum absolute atomic E-state index is 12.0. The van der Waals surface area contributed by atoms with Crippen molar-refractivity contribution < 1.29 is 9.59 Å². The van der Waals surface area contributed by atoms with Crippen molar-refractivity contribution in [2.24, 2.45) is 5.73 Å². The Bertz CT molecular complexity index is 410. The third-order valence-electron chi connectivity index (χ3n) is 2.77. The summed E-state index contributed by atoms with van der Waals surface area (Å²) in [6.07, 6.45) is 1.96. The molecule has 0 radical (unpaired) electrons. The van der Waals surface area contributed by atoms with Crippen LogP contribution in [0.4, 0.5) is 0 Å². The normalized spacial score (nSPS) is 16.6. The SMILES string of the molecule is CC(N)C(=O)N(CC(=O)c1cccs1)C1CC1. The van der Waals surface area contributed by atoms with Crippen LogP contribution in [0.1, 0.15) is 29.4 Å². The summed E-state index contributed by atoms with van der Waals surface area (Å²) in [5.74, 6) is -0.127. The van der Waals surface area contributed by atoms with Gasteiger partial charge in [0.2, 0.25) is 5.91 Å². The minimum atomic E-state index is -0.535. The van der Waals surface area contributed by atoms with Crippen LogP contribution < -0.4 is 5.73 Å². The van der Waals surface area contributed by atoms with Gasteiger partial charge in [-0.15, -0.1) is 11.3 Å². The average Bonchev–Trinajstić information content (AvgIpc) is 2.98. The highest BCUT2D eigenvalue weighted by atomic mass is 32.1. The molecule has 5 heteroatoms. The van der Waals surface area contributed by atoms with Crippen LogP contribution in [-0.4, -0.2) is 35.2 Å². The smallest absolute Gasteiger partial charge is 0.239 e. The zero-order chi connectivity index (χ0) is 12.4. The van der Waals surface area contributed by atoms with Crippen LogP contribution in [0, 0.1) is 0 Å². The van der Waals surface area contributed by atoms with Gasteiger partial charge in [-0.25, -0.2) is 0 Å². The third-order valence-corrected chi connectivity index (χ3v) is 3.68. The van der Waals surface area contributed by atoms with Gasteiger partial charge in [0.25, 0.3) is 0 Å². The molecule has 0 aliphatic heterocycles. The number of nitrogens with zero attached hydrogens (tertiary/aromatic N) is 1. The van der Waals surface area contributed by atoms with Crippen molar-refractivity contribution in [1.82, 2.24) is 4.90 Å². The number of ketones is 1. The molecule has 1 saturated carbocycles. The number of amides is 1. The number of thiophene rings is 1. The van der Waals surface area contributed by atoms with Gasteiger partial charge in [0.1, 0.15) is 0 Å². The standard InChI is InChI=1S/C12H16N2O2S/c1-8(13)12(16)14(9-4-5-9)7-10(15)11-3-2-6-17-11/h2-3,6,8-9H,4-5,7,13H2,1H3. The Labute approximate surface area is 104 Å². The molecule has 0 bridgehead atoms. The summed E-state index contributed by atoms with van der Waals surface area (Å²) < 4.78 is 0. The Morgan fingerprint density at radius 3 is 2.76 bits per heavy atom. The predicted molar refractivity (Wildman–Crippen MR) is 67.0 cm³/mol. The van der Waals surface area contributed by atoms with Gasteiger partial charge in [-0.05, 0) is 31.2 Å². The summed E-state index contributed by atoms with van der Waals surface area (Å²) in [6, 6.07) is 3.31. The maximum atomic E-state index is 12.0. The number of nitrogens with two attached hydrogens (primary N) is 1. The molecule has 0 aromatic carbocycles. The molecule has 1 amide bonds. The van der Waals surface area contributed by atoms with Crippen molar-refractivity contribution in [1.29, 1.82) is 0 Å². The lowest BCUT2D eigenvalue weighted by Crippen LogP contribution is -2.45. The van der Waals surface area contributed by atoms with Crippen LogP contribution in [-0.2, 0) is 4.79 Å². The molecule has 0 spiro atoms. The molecule has 92 valence electrons. The molecule has 1 aromatic rings. The fraction of sp³-hybridized carbons (Fsp3) is 0.500. The first-order valence-electron chi connectivity index (χ1n) is 5.72. The lowest BCUT2D eigenvalue weighted by Gasteiger charge is -2.23. The van der Waals surface area contributed by atoms with Crippen molar-refractivity contribution in [3.8, 4) is 0 Å². The highest BCUT2D eigenvalue weighted by Crippen LogP contribution is 2.27. The van der Waals surface area contributed by atoms with Crippen molar-refractivity contribution in [2.75, 3.05) is 6.54 Å². The molecule has 2 N–H and O–H groups in total. The van der Waals surface area contributed by atoms with E-state index in [0.29, 0.717) is 4.88 Å². The van der Waals surface area contributed by atoms with E-state index in [1.165, 1.54) is 11.3 Å². The molecule has 1 atom stereocenters. The number of rotatable bonds is 5. The average molecular weight is 252 g/mol. The van der Waals surface area contributed by atoms with Crippen LogP contribution in [0.15, 0.2) is 17.5 Å². The van der Waals surface area contributed by atoms with E-state index in [2.05, 4.69) is 0 Å². The van der Waals surface area contributed by atoms with E-state index in [0.717, 1.165) is 12.8 Å². The first kappa shape index (κ1) is 12.3. The van der Waals surface area contributed by atoms with E-state index >= 15 is 0 Å². The number of Topliss-reactive ketones (excluding diaryl/α,β-unsaturated/α-hetero) is 1. The summed E-state index contributed by atoms with van der Waals surface area (Å²) >= 11 is 1.41. The number of carbonyl (C=O) groups excluding carboxylic acids is 2. The number of hydrogen-bond donors (Lipinski definition) is 1. The van der Waals surface area contributed by atoms with E-state index in [4.69, 9.17) is 5.73 Å². The summed E-state index contributed by atoms with van der Waals surface area (Å²) in [6.45, 7) is 1.82. The largest absolute Gasteiger partial charge is 0.331 e. The van der Waals surface area contributed by atoms with Gasteiger partial charge in [-0.3, -0.25) is 9.59 Å². The Balaban J connectivity index is 2.03. The second-order valence-electron chi connectivity index (χ2n) is 4.39. The molecule has 1 heterocycles. The van der Waals surface area contributed by atoms with Crippen LogP contribution in [0.5, 0.6) is 0 Å². The minimum absolute atomic E-state index is 0.000833. The van der Waals surface area contributed by atoms with Crippen LogP contribution in [0.2, 0.25) is 0 Å². The summed E-state index contributed by atoms with van der Waals surface area (Å²) in [5, 5.41) is 1.86.